The number of rotatable bonds is 14. The predicted molar refractivity (Wildman–Crippen MR) is 129 cm³/mol. The number of carbonyl (C=O) groups excluding carboxylic acids is 2. The van der Waals surface area contributed by atoms with Crippen LogP contribution in [0.15, 0.2) is 23.2 Å². The van der Waals surface area contributed by atoms with Crippen molar-refractivity contribution < 1.29 is 49.2 Å². The van der Waals surface area contributed by atoms with Gasteiger partial charge in [0.2, 0.25) is 11.6 Å². The fourth-order valence-electron chi connectivity index (χ4n) is 3.75. The average molecular weight is 534 g/mol. The van der Waals surface area contributed by atoms with Crippen molar-refractivity contribution in [1.29, 1.82) is 0 Å². The van der Waals surface area contributed by atoms with Gasteiger partial charge in [0.15, 0.2) is 0 Å². The van der Waals surface area contributed by atoms with Crippen molar-refractivity contribution in [3.63, 3.8) is 0 Å². The molecule has 0 amide bonds. The van der Waals surface area contributed by atoms with E-state index in [-0.39, 0.29) is 33.1 Å². The number of carboxylic acids is 4. The van der Waals surface area contributed by atoms with Crippen molar-refractivity contribution >= 4 is 43.9 Å². The van der Waals surface area contributed by atoms with Crippen LogP contribution >= 0.6 is 0 Å². The van der Waals surface area contributed by atoms with Gasteiger partial charge in [-0.25, -0.2) is 0 Å². The Morgan fingerprint density at radius 1 is 0.632 bits per heavy atom. The van der Waals surface area contributed by atoms with Crippen molar-refractivity contribution in [2.24, 2.45) is 0 Å². The van der Waals surface area contributed by atoms with E-state index in [2.05, 4.69) is 0 Å². The molecule has 3 fully saturated rings. The first-order valence-electron chi connectivity index (χ1n) is 11.6. The van der Waals surface area contributed by atoms with Crippen LogP contribution < -0.4 is 0 Å². The molecule has 4 rings (SSSR count). The Morgan fingerprint density at radius 3 is 1.29 bits per heavy atom. The summed E-state index contributed by atoms with van der Waals surface area (Å²) in [4.78, 5) is 74.8. The highest BCUT2D eigenvalue weighted by molar-refractivity contribution is 6.22. The number of ketones is 2. The van der Waals surface area contributed by atoms with Crippen molar-refractivity contribution in [3.05, 3.63) is 23.2 Å². The minimum atomic E-state index is -1.23. The SMILES string of the molecule is O=C(O)CN(CCN(CC(=O)O)CC(=O)O)CC(=O)O.O=C1C=C(N2CC2)C(=O)C(N2CC2)=C1N1CC1.[B]. The van der Waals surface area contributed by atoms with Crippen LogP contribution in [-0.4, -0.2) is 167 Å². The summed E-state index contributed by atoms with van der Waals surface area (Å²) in [7, 11) is 0. The zero-order chi connectivity index (χ0) is 27.3. The minimum absolute atomic E-state index is 0. The maximum Gasteiger partial charge on any atom is 0.317 e. The van der Waals surface area contributed by atoms with Crippen LogP contribution in [0.1, 0.15) is 0 Å². The zero-order valence-corrected chi connectivity index (χ0v) is 20.6. The van der Waals surface area contributed by atoms with Gasteiger partial charge in [-0.3, -0.25) is 38.6 Å². The number of hydrogen-bond donors (Lipinski definition) is 4. The molecule has 3 saturated heterocycles. The molecule has 1 aliphatic carbocycles. The highest BCUT2D eigenvalue weighted by Gasteiger charge is 2.43. The summed E-state index contributed by atoms with van der Waals surface area (Å²) in [5.41, 5.74) is 1.89. The normalized spacial score (nSPS) is 17.5. The van der Waals surface area contributed by atoms with Gasteiger partial charge in [-0.15, -0.1) is 0 Å². The van der Waals surface area contributed by atoms with Gasteiger partial charge in [-0.05, 0) is 0 Å². The number of nitrogens with zero attached hydrogens (tertiary/aromatic N) is 5. The number of hydrogen-bond acceptors (Lipinski definition) is 11. The summed E-state index contributed by atoms with van der Waals surface area (Å²) in [5, 5.41) is 34.5. The van der Waals surface area contributed by atoms with Gasteiger partial charge in [0, 0.05) is 66.8 Å². The van der Waals surface area contributed by atoms with E-state index < -0.39 is 50.1 Å². The van der Waals surface area contributed by atoms with Crippen molar-refractivity contribution in [2.75, 3.05) is 78.5 Å². The summed E-state index contributed by atoms with van der Waals surface area (Å²) in [6.45, 7) is 3.16. The summed E-state index contributed by atoms with van der Waals surface area (Å²) in [6.07, 6.45) is 1.52. The molecule has 0 unspecified atom stereocenters. The maximum absolute atomic E-state index is 12.4. The molecular weight excluding hydrogens is 505 g/mol. The molecule has 3 aliphatic heterocycles. The van der Waals surface area contributed by atoms with Gasteiger partial charge < -0.3 is 35.1 Å². The van der Waals surface area contributed by atoms with E-state index in [1.165, 1.54) is 6.08 Å². The van der Waals surface area contributed by atoms with Gasteiger partial charge in [0.25, 0.3) is 0 Å². The molecule has 3 radical (unpaired) electrons. The Morgan fingerprint density at radius 2 is 0.974 bits per heavy atom. The largest absolute Gasteiger partial charge is 0.480 e. The van der Waals surface area contributed by atoms with Crippen molar-refractivity contribution in [3.8, 4) is 0 Å². The van der Waals surface area contributed by atoms with E-state index in [0.717, 1.165) is 49.1 Å². The molecule has 0 aromatic carbocycles. The topological polar surface area (TPSA) is 199 Å². The third kappa shape index (κ3) is 9.19. The molecule has 0 bridgehead atoms. The van der Waals surface area contributed by atoms with Crippen LogP contribution in [0.3, 0.4) is 0 Å². The van der Waals surface area contributed by atoms with E-state index >= 15 is 0 Å². The molecular formula is C22H29BN5O10. The molecule has 4 N–H and O–H groups in total. The van der Waals surface area contributed by atoms with Crippen LogP contribution in [-0.2, 0) is 28.8 Å². The van der Waals surface area contributed by atoms with Crippen LogP contribution in [0.4, 0.5) is 0 Å². The Kier molecular flexibility index (Phi) is 10.4. The maximum atomic E-state index is 12.4. The molecule has 0 aromatic rings. The summed E-state index contributed by atoms with van der Waals surface area (Å²) in [6, 6.07) is 0. The van der Waals surface area contributed by atoms with Gasteiger partial charge >= 0.3 is 23.9 Å². The predicted octanol–water partition coefficient (Wildman–Crippen LogP) is -3.27. The van der Waals surface area contributed by atoms with Crippen molar-refractivity contribution in [1.82, 2.24) is 24.5 Å². The Balaban J connectivity index is 0.000000261. The average Bonchev–Trinajstić information content (AvgIpc) is 3.62. The zero-order valence-electron chi connectivity index (χ0n) is 20.6. The molecule has 15 nitrogen and oxygen atoms in total. The number of carboxylic acid groups (broad SMARTS) is 4. The van der Waals surface area contributed by atoms with Gasteiger partial charge in [0.1, 0.15) is 11.4 Å². The molecule has 3 heterocycles. The first kappa shape index (κ1) is 30.3. The lowest BCUT2D eigenvalue weighted by Gasteiger charge is -2.23. The molecule has 0 saturated carbocycles. The smallest absolute Gasteiger partial charge is 0.317 e. The summed E-state index contributed by atoms with van der Waals surface area (Å²) in [5.74, 6) is -4.86. The number of aliphatic carboxylic acids is 4. The van der Waals surface area contributed by atoms with Crippen LogP contribution in [0.5, 0.6) is 0 Å². The first-order chi connectivity index (χ1) is 17.5. The fourth-order valence-corrected chi connectivity index (χ4v) is 3.75. The van der Waals surface area contributed by atoms with Gasteiger partial charge in [-0.1, -0.05) is 0 Å². The minimum Gasteiger partial charge on any atom is -0.480 e. The Labute approximate surface area is 219 Å². The number of allylic oxidation sites excluding steroid dienone is 1. The lowest BCUT2D eigenvalue weighted by Crippen LogP contribution is -2.43. The monoisotopic (exact) mass is 534 g/mol. The fraction of sp³-hybridized carbons (Fsp3) is 0.545. The lowest BCUT2D eigenvalue weighted by atomic mass is 10.0. The molecule has 0 spiro atoms. The number of carbonyl (C=O) groups is 6. The molecule has 205 valence electrons. The van der Waals surface area contributed by atoms with Crippen LogP contribution in [0.2, 0.25) is 0 Å². The highest BCUT2D eigenvalue weighted by Crippen LogP contribution is 2.33. The second-order valence-corrected chi connectivity index (χ2v) is 8.88. The number of Topliss-reactive ketones (excluding diaryl/α,β-unsaturated/α-hetero) is 1. The Hall–Kier alpha value is -3.92. The summed E-state index contributed by atoms with van der Waals surface area (Å²) >= 11 is 0. The molecule has 4 aliphatic rings. The first-order valence-corrected chi connectivity index (χ1v) is 11.6. The summed E-state index contributed by atoms with van der Waals surface area (Å²) < 4.78 is 0. The van der Waals surface area contributed by atoms with E-state index in [4.69, 9.17) is 20.4 Å². The van der Waals surface area contributed by atoms with Crippen molar-refractivity contribution in [2.45, 2.75) is 0 Å². The third-order valence-corrected chi connectivity index (χ3v) is 5.66. The van der Waals surface area contributed by atoms with Gasteiger partial charge in [0.05, 0.1) is 31.9 Å². The highest BCUT2D eigenvalue weighted by atomic mass is 16.4. The second kappa shape index (κ2) is 13.1. The molecule has 0 aromatic heterocycles. The van der Waals surface area contributed by atoms with Crippen LogP contribution in [0, 0.1) is 0 Å². The molecule has 0 atom stereocenters. The lowest BCUT2D eigenvalue weighted by molar-refractivity contribution is -0.145. The second-order valence-electron chi connectivity index (χ2n) is 8.88. The molecule has 16 heteroatoms. The molecule has 38 heavy (non-hydrogen) atoms. The van der Waals surface area contributed by atoms with Crippen LogP contribution in [0.25, 0.3) is 0 Å². The van der Waals surface area contributed by atoms with E-state index in [1.807, 2.05) is 14.7 Å². The Bertz CT molecular complexity index is 981. The van der Waals surface area contributed by atoms with E-state index in [9.17, 15) is 28.8 Å². The third-order valence-electron chi connectivity index (χ3n) is 5.66. The standard InChI is InChI=1S/C12H13N3O2.C10H16N2O8.B/c16-9-7-8(13-1-2-13)12(17)11(15-5-6-15)10(9)14-3-4-14;13-7(14)3-11(4-8(15)16)1-2-12(5-9(17)18)6-10(19)20;/h7H,1-6H2;1-6H2,(H,13,14)(H,15,16)(H,17,18)(H,19,20);. The van der Waals surface area contributed by atoms with Gasteiger partial charge in [-0.2, -0.15) is 0 Å². The van der Waals surface area contributed by atoms with E-state index in [1.54, 1.807) is 0 Å². The van der Waals surface area contributed by atoms with E-state index in [0.29, 0.717) is 17.1 Å². The quantitative estimate of drug-likeness (QED) is 0.0982.